The number of amides is 2. The van der Waals surface area contributed by atoms with Crippen molar-refractivity contribution in [1.29, 1.82) is 0 Å². The number of hydrogen-bond acceptors (Lipinski definition) is 2. The molecule has 0 saturated carbocycles. The third-order valence-electron chi connectivity index (χ3n) is 4.44. The lowest BCUT2D eigenvalue weighted by Gasteiger charge is -2.17. The first kappa shape index (κ1) is 17.7. The van der Waals surface area contributed by atoms with Crippen LogP contribution < -0.4 is 10.2 Å². The van der Waals surface area contributed by atoms with Gasteiger partial charge < -0.3 is 10.2 Å². The Kier molecular flexibility index (Phi) is 5.53. The van der Waals surface area contributed by atoms with Gasteiger partial charge in [-0.3, -0.25) is 9.59 Å². The van der Waals surface area contributed by atoms with E-state index in [-0.39, 0.29) is 17.9 Å². The number of halogens is 1. The Labute approximate surface area is 156 Å². The average Bonchev–Trinajstić information content (AvgIpc) is 3.02. The van der Waals surface area contributed by atoms with E-state index in [1.165, 1.54) is 0 Å². The number of hydrogen-bond donors (Lipinski definition) is 1. The van der Waals surface area contributed by atoms with Gasteiger partial charge >= 0.3 is 0 Å². The summed E-state index contributed by atoms with van der Waals surface area (Å²) in [7, 11) is 0. The summed E-state index contributed by atoms with van der Waals surface area (Å²) in [5.41, 5.74) is 2.90. The van der Waals surface area contributed by atoms with Crippen LogP contribution in [0.25, 0.3) is 0 Å². The number of anilines is 1. The maximum Gasteiger partial charge on any atom is 0.227 e. The van der Waals surface area contributed by atoms with Crippen molar-refractivity contribution in [2.45, 2.75) is 32.2 Å². The number of nitrogens with zero attached hydrogens (tertiary/aromatic N) is 1. The van der Waals surface area contributed by atoms with Gasteiger partial charge in [-0.25, -0.2) is 0 Å². The van der Waals surface area contributed by atoms with Gasteiger partial charge in [0.05, 0.1) is 12.5 Å². The van der Waals surface area contributed by atoms with E-state index in [9.17, 15) is 9.59 Å². The molecule has 1 N–H and O–H groups in total. The second kappa shape index (κ2) is 7.83. The lowest BCUT2D eigenvalue weighted by atomic mass is 10.1. The molecule has 2 aromatic rings. The normalized spacial score (nSPS) is 15.3. The molecule has 5 heteroatoms. The lowest BCUT2D eigenvalue weighted by molar-refractivity contribution is -0.121. The predicted octanol–water partition coefficient (Wildman–Crippen LogP) is 4.00. The van der Waals surface area contributed by atoms with Crippen molar-refractivity contribution in [2.24, 2.45) is 0 Å². The zero-order valence-electron chi connectivity index (χ0n) is 14.2. The highest BCUT2D eigenvalue weighted by molar-refractivity contribution is 9.10. The van der Waals surface area contributed by atoms with Gasteiger partial charge in [-0.05, 0) is 42.7 Å². The molecule has 25 heavy (non-hydrogen) atoms. The molecule has 1 fully saturated rings. The van der Waals surface area contributed by atoms with E-state index in [0.717, 1.165) is 34.3 Å². The highest BCUT2D eigenvalue weighted by Crippen LogP contribution is 2.23. The van der Waals surface area contributed by atoms with Crippen molar-refractivity contribution >= 4 is 33.4 Å². The summed E-state index contributed by atoms with van der Waals surface area (Å²) in [5, 5.41) is 3.03. The van der Waals surface area contributed by atoms with Crippen LogP contribution in [0.1, 0.15) is 36.9 Å². The van der Waals surface area contributed by atoms with E-state index in [0.29, 0.717) is 12.8 Å². The molecule has 4 nitrogen and oxygen atoms in total. The van der Waals surface area contributed by atoms with Gasteiger partial charge in [0.2, 0.25) is 11.8 Å². The molecule has 1 aliphatic heterocycles. The van der Waals surface area contributed by atoms with Crippen molar-refractivity contribution in [1.82, 2.24) is 5.32 Å². The minimum absolute atomic E-state index is 0.0201. The van der Waals surface area contributed by atoms with E-state index in [2.05, 4.69) is 21.2 Å². The van der Waals surface area contributed by atoms with Crippen LogP contribution in [0.4, 0.5) is 5.69 Å². The molecule has 0 radical (unpaired) electrons. The zero-order valence-corrected chi connectivity index (χ0v) is 15.8. The van der Waals surface area contributed by atoms with Gasteiger partial charge in [0.1, 0.15) is 0 Å². The van der Waals surface area contributed by atoms with Crippen molar-refractivity contribution < 1.29 is 9.59 Å². The molecule has 130 valence electrons. The molecule has 1 atom stereocenters. The smallest absolute Gasteiger partial charge is 0.227 e. The molecule has 1 aliphatic rings. The molecule has 0 bridgehead atoms. The minimum atomic E-state index is -0.0652. The standard InChI is InChI=1S/C20H21BrN2O2/c1-14(17-5-2-3-6-18(17)21)22-19(24)13-15-8-10-16(11-9-15)23-12-4-7-20(23)25/h2-3,5-6,8-11,14H,4,7,12-13H2,1H3,(H,22,24)/t14-/m0/s1. The molecule has 3 rings (SSSR count). The Hall–Kier alpha value is -2.14. The van der Waals surface area contributed by atoms with E-state index in [1.807, 2.05) is 55.5 Å². The first-order valence-corrected chi connectivity index (χ1v) is 9.27. The molecule has 0 spiro atoms. The number of rotatable bonds is 5. The monoisotopic (exact) mass is 400 g/mol. The molecular weight excluding hydrogens is 380 g/mol. The van der Waals surface area contributed by atoms with Gasteiger partial charge in [0.15, 0.2) is 0 Å². The summed E-state index contributed by atoms with van der Waals surface area (Å²) in [4.78, 5) is 25.9. The molecule has 1 heterocycles. The Bertz CT molecular complexity index is 774. The van der Waals surface area contributed by atoms with E-state index < -0.39 is 0 Å². The predicted molar refractivity (Wildman–Crippen MR) is 102 cm³/mol. The van der Waals surface area contributed by atoms with Crippen molar-refractivity contribution in [2.75, 3.05) is 11.4 Å². The fourth-order valence-electron chi connectivity index (χ4n) is 3.10. The van der Waals surface area contributed by atoms with Crippen LogP contribution in [0.15, 0.2) is 53.0 Å². The molecule has 2 amide bonds. The fourth-order valence-corrected chi connectivity index (χ4v) is 3.72. The minimum Gasteiger partial charge on any atom is -0.349 e. The first-order valence-electron chi connectivity index (χ1n) is 8.47. The summed E-state index contributed by atoms with van der Waals surface area (Å²) in [6, 6.07) is 15.5. The maximum atomic E-state index is 12.3. The van der Waals surface area contributed by atoms with Crippen LogP contribution in [0.5, 0.6) is 0 Å². The van der Waals surface area contributed by atoms with Crippen LogP contribution >= 0.6 is 15.9 Å². The topological polar surface area (TPSA) is 49.4 Å². The largest absolute Gasteiger partial charge is 0.349 e. The molecular formula is C20H21BrN2O2. The second-order valence-electron chi connectivity index (χ2n) is 6.30. The van der Waals surface area contributed by atoms with Gasteiger partial charge in [0.25, 0.3) is 0 Å². The molecule has 0 aromatic heterocycles. The summed E-state index contributed by atoms with van der Waals surface area (Å²) >= 11 is 3.52. The van der Waals surface area contributed by atoms with Crippen LogP contribution in [-0.4, -0.2) is 18.4 Å². The van der Waals surface area contributed by atoms with Crippen molar-refractivity contribution in [3.05, 3.63) is 64.1 Å². The van der Waals surface area contributed by atoms with Crippen LogP contribution in [-0.2, 0) is 16.0 Å². The third kappa shape index (κ3) is 4.28. The van der Waals surface area contributed by atoms with E-state index >= 15 is 0 Å². The Balaban J connectivity index is 1.59. The van der Waals surface area contributed by atoms with Crippen LogP contribution in [0.3, 0.4) is 0 Å². The van der Waals surface area contributed by atoms with Gasteiger partial charge in [-0.2, -0.15) is 0 Å². The highest BCUT2D eigenvalue weighted by Gasteiger charge is 2.21. The van der Waals surface area contributed by atoms with E-state index in [4.69, 9.17) is 0 Å². The maximum absolute atomic E-state index is 12.3. The van der Waals surface area contributed by atoms with E-state index in [1.54, 1.807) is 4.90 Å². The molecule has 0 unspecified atom stereocenters. The zero-order chi connectivity index (χ0) is 17.8. The SMILES string of the molecule is C[C@H](NC(=O)Cc1ccc(N2CCCC2=O)cc1)c1ccccc1Br. The molecule has 0 aliphatic carbocycles. The highest BCUT2D eigenvalue weighted by atomic mass is 79.9. The fraction of sp³-hybridized carbons (Fsp3) is 0.300. The molecule has 2 aromatic carbocycles. The summed E-state index contributed by atoms with van der Waals surface area (Å²) in [5.74, 6) is 0.154. The quantitative estimate of drug-likeness (QED) is 0.824. The summed E-state index contributed by atoms with van der Waals surface area (Å²) in [6.45, 7) is 2.75. The number of carbonyl (C=O) groups is 2. The van der Waals surface area contributed by atoms with Crippen LogP contribution in [0.2, 0.25) is 0 Å². The van der Waals surface area contributed by atoms with Gasteiger partial charge in [-0.15, -0.1) is 0 Å². The van der Waals surface area contributed by atoms with Crippen LogP contribution in [0, 0.1) is 0 Å². The summed E-state index contributed by atoms with van der Waals surface area (Å²) < 4.78 is 0.988. The molecule has 1 saturated heterocycles. The Morgan fingerprint density at radius 2 is 1.92 bits per heavy atom. The van der Waals surface area contributed by atoms with Gasteiger partial charge in [0, 0.05) is 23.1 Å². The third-order valence-corrected chi connectivity index (χ3v) is 5.16. The number of nitrogens with one attached hydrogen (secondary N) is 1. The van der Waals surface area contributed by atoms with Gasteiger partial charge in [-0.1, -0.05) is 46.3 Å². The average molecular weight is 401 g/mol. The first-order chi connectivity index (χ1) is 12.0. The van der Waals surface area contributed by atoms with Crippen molar-refractivity contribution in [3.8, 4) is 0 Å². The number of benzene rings is 2. The summed E-state index contributed by atoms with van der Waals surface area (Å²) in [6.07, 6.45) is 1.86. The Morgan fingerprint density at radius 1 is 1.20 bits per heavy atom. The lowest BCUT2D eigenvalue weighted by Crippen LogP contribution is -2.28. The Morgan fingerprint density at radius 3 is 2.56 bits per heavy atom. The number of carbonyl (C=O) groups excluding carboxylic acids is 2. The van der Waals surface area contributed by atoms with Crippen molar-refractivity contribution in [3.63, 3.8) is 0 Å². The second-order valence-corrected chi connectivity index (χ2v) is 7.16.